The number of benzene rings is 2. The molecule has 0 saturated heterocycles. The maximum absolute atomic E-state index is 12.1. The van der Waals surface area contributed by atoms with Gasteiger partial charge in [0, 0.05) is 11.3 Å². The number of aryl methyl sites for hydroxylation is 1. The molecule has 0 saturated carbocycles. The Morgan fingerprint density at radius 3 is 2.31 bits per heavy atom. The van der Waals surface area contributed by atoms with Crippen molar-refractivity contribution in [1.29, 1.82) is 0 Å². The van der Waals surface area contributed by atoms with Crippen LogP contribution in [0.25, 0.3) is 11.4 Å². The van der Waals surface area contributed by atoms with Gasteiger partial charge in [-0.05, 0) is 31.2 Å². The minimum Gasteiger partial charge on any atom is -0.493 e. The molecule has 0 fully saturated rings. The van der Waals surface area contributed by atoms with Gasteiger partial charge in [-0.3, -0.25) is 9.89 Å². The molecule has 0 atom stereocenters. The van der Waals surface area contributed by atoms with Gasteiger partial charge in [-0.2, -0.15) is 0 Å². The molecule has 3 aromatic rings. The molecule has 9 heteroatoms. The fourth-order valence-electron chi connectivity index (χ4n) is 2.62. The van der Waals surface area contributed by atoms with E-state index >= 15 is 0 Å². The lowest BCUT2D eigenvalue weighted by molar-refractivity contribution is -0.113. The number of anilines is 1. The molecule has 8 nitrogen and oxygen atoms in total. The van der Waals surface area contributed by atoms with E-state index in [1.54, 1.807) is 33.5 Å². The highest BCUT2D eigenvalue weighted by Crippen LogP contribution is 2.40. The minimum atomic E-state index is -0.127. The Morgan fingerprint density at radius 2 is 1.72 bits per heavy atom. The predicted molar refractivity (Wildman–Crippen MR) is 112 cm³/mol. The van der Waals surface area contributed by atoms with Crippen LogP contribution in [0.3, 0.4) is 0 Å². The fraction of sp³-hybridized carbons (Fsp3) is 0.250. The molecule has 0 spiro atoms. The van der Waals surface area contributed by atoms with Gasteiger partial charge in [-0.25, -0.2) is 4.98 Å². The number of rotatable bonds is 8. The lowest BCUT2D eigenvalue weighted by atomic mass is 10.1. The van der Waals surface area contributed by atoms with Crippen LogP contribution >= 0.6 is 11.8 Å². The first kappa shape index (κ1) is 20.5. The maximum atomic E-state index is 12.1. The number of methoxy groups -OCH3 is 3. The smallest absolute Gasteiger partial charge is 0.234 e. The summed E-state index contributed by atoms with van der Waals surface area (Å²) in [6.07, 6.45) is 0. The van der Waals surface area contributed by atoms with Crippen LogP contribution in [-0.4, -0.2) is 48.2 Å². The topological polar surface area (TPSA) is 98.4 Å². The molecule has 0 radical (unpaired) electrons. The van der Waals surface area contributed by atoms with Crippen LogP contribution in [0, 0.1) is 6.92 Å². The number of amides is 1. The summed E-state index contributed by atoms with van der Waals surface area (Å²) in [6.45, 7) is 2.00. The summed E-state index contributed by atoms with van der Waals surface area (Å²) in [5, 5.41) is 10.4. The normalized spacial score (nSPS) is 10.5. The van der Waals surface area contributed by atoms with Gasteiger partial charge in [0.1, 0.15) is 0 Å². The van der Waals surface area contributed by atoms with Crippen molar-refractivity contribution in [1.82, 2.24) is 15.2 Å². The molecule has 152 valence electrons. The van der Waals surface area contributed by atoms with E-state index in [2.05, 4.69) is 20.5 Å². The third-order valence-electron chi connectivity index (χ3n) is 4.07. The summed E-state index contributed by atoms with van der Waals surface area (Å²) in [4.78, 5) is 16.6. The first-order valence-electron chi connectivity index (χ1n) is 8.76. The summed E-state index contributed by atoms with van der Waals surface area (Å²) in [5.41, 5.74) is 2.62. The van der Waals surface area contributed by atoms with Gasteiger partial charge in [0.2, 0.25) is 16.8 Å². The van der Waals surface area contributed by atoms with Gasteiger partial charge in [0.25, 0.3) is 0 Å². The SMILES string of the molecule is COc1cc(-c2nc(SCC(=O)Nc3ccc(C)cc3)n[nH]2)cc(OC)c1OC. The molecule has 1 heterocycles. The maximum Gasteiger partial charge on any atom is 0.234 e. The highest BCUT2D eigenvalue weighted by Gasteiger charge is 2.16. The Bertz CT molecular complexity index is 963. The van der Waals surface area contributed by atoms with Crippen molar-refractivity contribution in [3.63, 3.8) is 0 Å². The van der Waals surface area contributed by atoms with Crippen molar-refractivity contribution in [2.24, 2.45) is 0 Å². The first-order chi connectivity index (χ1) is 14.0. The standard InChI is InChI=1S/C20H22N4O4S/c1-12-5-7-14(8-6-12)21-17(25)11-29-20-22-19(23-24-20)13-9-15(26-2)18(28-4)16(10-13)27-3/h5-10H,11H2,1-4H3,(H,21,25)(H,22,23,24). The zero-order valence-corrected chi connectivity index (χ0v) is 17.4. The summed E-state index contributed by atoms with van der Waals surface area (Å²) >= 11 is 1.24. The number of carbonyl (C=O) groups is 1. The molecule has 29 heavy (non-hydrogen) atoms. The molecule has 2 aromatic carbocycles. The molecule has 0 aliphatic heterocycles. The van der Waals surface area contributed by atoms with Crippen molar-refractivity contribution in [2.75, 3.05) is 32.4 Å². The van der Waals surface area contributed by atoms with Crippen LogP contribution in [0.4, 0.5) is 5.69 Å². The zero-order valence-electron chi connectivity index (χ0n) is 16.6. The Kier molecular flexibility index (Phi) is 6.61. The lowest BCUT2D eigenvalue weighted by Gasteiger charge is -2.13. The Hall–Kier alpha value is -3.20. The van der Waals surface area contributed by atoms with Crippen molar-refractivity contribution >= 4 is 23.4 Å². The predicted octanol–water partition coefficient (Wildman–Crippen LogP) is 3.54. The average molecular weight is 414 g/mol. The summed E-state index contributed by atoms with van der Waals surface area (Å²) < 4.78 is 16.1. The molecule has 0 aliphatic carbocycles. The van der Waals surface area contributed by atoms with Gasteiger partial charge in [-0.1, -0.05) is 29.5 Å². The van der Waals surface area contributed by atoms with Crippen molar-refractivity contribution in [3.8, 4) is 28.6 Å². The number of nitrogens with one attached hydrogen (secondary N) is 2. The quantitative estimate of drug-likeness (QED) is 0.544. The number of H-pyrrole nitrogens is 1. The van der Waals surface area contributed by atoms with Crippen LogP contribution < -0.4 is 19.5 Å². The van der Waals surface area contributed by atoms with E-state index in [0.717, 1.165) is 16.8 Å². The Balaban J connectivity index is 1.67. The second kappa shape index (κ2) is 9.33. The van der Waals surface area contributed by atoms with Gasteiger partial charge < -0.3 is 19.5 Å². The second-order valence-corrected chi connectivity index (χ2v) is 7.03. The second-order valence-electron chi connectivity index (χ2n) is 6.08. The third-order valence-corrected chi connectivity index (χ3v) is 4.92. The number of hydrogen-bond acceptors (Lipinski definition) is 7. The van der Waals surface area contributed by atoms with E-state index in [-0.39, 0.29) is 11.7 Å². The number of nitrogens with zero attached hydrogens (tertiary/aromatic N) is 2. The van der Waals surface area contributed by atoms with E-state index < -0.39 is 0 Å². The fourth-order valence-corrected chi connectivity index (χ4v) is 3.22. The number of aromatic amines is 1. The molecule has 0 bridgehead atoms. The van der Waals surface area contributed by atoms with Gasteiger partial charge in [-0.15, -0.1) is 5.10 Å². The van der Waals surface area contributed by atoms with Crippen LogP contribution in [0.5, 0.6) is 17.2 Å². The first-order valence-corrected chi connectivity index (χ1v) is 9.74. The van der Waals surface area contributed by atoms with E-state index in [1.165, 1.54) is 11.8 Å². The van der Waals surface area contributed by atoms with Gasteiger partial charge >= 0.3 is 0 Å². The largest absolute Gasteiger partial charge is 0.493 e. The number of ether oxygens (including phenoxy) is 3. The Labute approximate surface area is 173 Å². The molecule has 1 amide bonds. The Morgan fingerprint density at radius 1 is 1.07 bits per heavy atom. The lowest BCUT2D eigenvalue weighted by Crippen LogP contribution is -2.14. The van der Waals surface area contributed by atoms with Crippen molar-refractivity contribution in [3.05, 3.63) is 42.0 Å². The van der Waals surface area contributed by atoms with Gasteiger partial charge in [0.15, 0.2) is 17.3 Å². The average Bonchev–Trinajstić information content (AvgIpc) is 3.22. The number of aromatic nitrogens is 3. The van der Waals surface area contributed by atoms with Crippen LogP contribution in [0.1, 0.15) is 5.56 Å². The monoisotopic (exact) mass is 414 g/mol. The number of thioether (sulfide) groups is 1. The van der Waals surface area contributed by atoms with Crippen molar-refractivity contribution < 1.29 is 19.0 Å². The van der Waals surface area contributed by atoms with E-state index in [1.807, 2.05) is 31.2 Å². The highest BCUT2D eigenvalue weighted by atomic mass is 32.2. The minimum absolute atomic E-state index is 0.127. The molecule has 3 rings (SSSR count). The third kappa shape index (κ3) is 5.00. The molecule has 0 aliphatic rings. The highest BCUT2D eigenvalue weighted by molar-refractivity contribution is 7.99. The van der Waals surface area contributed by atoms with Crippen LogP contribution in [-0.2, 0) is 4.79 Å². The molecular formula is C20H22N4O4S. The van der Waals surface area contributed by atoms with Crippen LogP contribution in [0.15, 0.2) is 41.6 Å². The van der Waals surface area contributed by atoms with E-state index in [0.29, 0.717) is 28.2 Å². The molecule has 1 aromatic heterocycles. The summed E-state index contributed by atoms with van der Waals surface area (Å²) in [6, 6.07) is 11.2. The number of hydrogen-bond donors (Lipinski definition) is 2. The van der Waals surface area contributed by atoms with E-state index in [4.69, 9.17) is 14.2 Å². The molecule has 2 N–H and O–H groups in total. The van der Waals surface area contributed by atoms with Gasteiger partial charge in [0.05, 0.1) is 27.1 Å². The summed E-state index contributed by atoms with van der Waals surface area (Å²) in [5.74, 6) is 2.14. The molecular weight excluding hydrogens is 392 g/mol. The summed E-state index contributed by atoms with van der Waals surface area (Å²) in [7, 11) is 4.65. The zero-order chi connectivity index (χ0) is 20.8. The number of carbonyl (C=O) groups excluding carboxylic acids is 1. The van der Waals surface area contributed by atoms with Crippen LogP contribution in [0.2, 0.25) is 0 Å². The van der Waals surface area contributed by atoms with Crippen molar-refractivity contribution in [2.45, 2.75) is 12.1 Å². The van der Waals surface area contributed by atoms with E-state index in [9.17, 15) is 4.79 Å². The molecule has 0 unspecified atom stereocenters.